The number of hydrogen-bond donors (Lipinski definition) is 1. The monoisotopic (exact) mass is 370 g/mol. The van der Waals surface area contributed by atoms with Gasteiger partial charge in [0.25, 0.3) is 0 Å². The molecule has 138 valence electrons. The second-order valence-corrected chi connectivity index (χ2v) is 6.70. The molecule has 0 aliphatic rings. The van der Waals surface area contributed by atoms with Crippen LogP contribution in [-0.2, 0) is 4.74 Å². The lowest BCUT2D eigenvalue weighted by Gasteiger charge is -2.07. The Morgan fingerprint density at radius 3 is 2.08 bits per heavy atom. The Morgan fingerprint density at radius 2 is 1.35 bits per heavy atom. The van der Waals surface area contributed by atoms with Gasteiger partial charge in [0.1, 0.15) is 0 Å². The molecule has 0 atom stereocenters. The van der Waals surface area contributed by atoms with E-state index >= 15 is 0 Å². The van der Waals surface area contributed by atoms with Crippen molar-refractivity contribution in [1.82, 2.24) is 0 Å². The number of thiol groups is 1. The molecule has 0 aliphatic heterocycles. The fraction of sp³-hybridized carbons (Fsp3) is 0.364. The van der Waals surface area contributed by atoms with Gasteiger partial charge in [-0.3, -0.25) is 4.79 Å². The molecule has 0 bridgehead atoms. The molecule has 0 heterocycles. The number of ether oxygens (including phenoxy) is 1. The van der Waals surface area contributed by atoms with Crippen molar-refractivity contribution in [2.24, 2.45) is 0 Å². The van der Waals surface area contributed by atoms with Gasteiger partial charge in [-0.1, -0.05) is 68.1 Å². The van der Waals surface area contributed by atoms with Crippen molar-refractivity contribution in [1.29, 1.82) is 0 Å². The molecule has 0 saturated heterocycles. The van der Waals surface area contributed by atoms with Crippen molar-refractivity contribution < 1.29 is 14.3 Å². The molecular formula is C22H26O3S. The van der Waals surface area contributed by atoms with Crippen molar-refractivity contribution in [2.75, 3.05) is 12.4 Å². The second kappa shape index (κ2) is 11.5. The largest absolute Gasteiger partial charge is 0.462 e. The van der Waals surface area contributed by atoms with Crippen molar-refractivity contribution in [3.63, 3.8) is 0 Å². The minimum absolute atomic E-state index is 0.0959. The smallest absolute Gasteiger partial charge is 0.338 e. The maximum absolute atomic E-state index is 12.5. The standard InChI is InChI=1S/C22H26O3S/c23-21(18-11-6-5-7-12-18)19-13-10-14-20(17-19)22(24)25-15-8-3-1-2-4-9-16-26/h5-7,10-14,17,26H,1-4,8-9,15-16H2. The fourth-order valence-corrected chi connectivity index (χ4v) is 2.94. The van der Waals surface area contributed by atoms with E-state index in [-0.39, 0.29) is 11.8 Å². The summed E-state index contributed by atoms with van der Waals surface area (Å²) in [6, 6.07) is 15.8. The van der Waals surface area contributed by atoms with Gasteiger partial charge in [-0.05, 0) is 30.7 Å². The van der Waals surface area contributed by atoms with Gasteiger partial charge in [-0.25, -0.2) is 4.79 Å². The second-order valence-electron chi connectivity index (χ2n) is 6.26. The quantitative estimate of drug-likeness (QED) is 0.251. The number of carbonyl (C=O) groups excluding carboxylic acids is 2. The van der Waals surface area contributed by atoms with Crippen LogP contribution in [0.4, 0.5) is 0 Å². The summed E-state index contributed by atoms with van der Waals surface area (Å²) in [5.74, 6) is 0.480. The van der Waals surface area contributed by atoms with E-state index in [9.17, 15) is 9.59 Å². The lowest BCUT2D eigenvalue weighted by molar-refractivity contribution is 0.0497. The van der Waals surface area contributed by atoms with E-state index in [4.69, 9.17) is 4.74 Å². The summed E-state index contributed by atoms with van der Waals surface area (Å²) in [6.07, 6.45) is 6.67. The predicted octanol–water partition coefficient (Wildman–Crippen LogP) is 5.34. The predicted molar refractivity (Wildman–Crippen MR) is 108 cm³/mol. The van der Waals surface area contributed by atoms with Gasteiger partial charge in [-0.15, -0.1) is 0 Å². The Labute approximate surface area is 161 Å². The SMILES string of the molecule is O=C(OCCCCCCCCS)c1cccc(C(=O)c2ccccc2)c1. The molecule has 0 unspecified atom stereocenters. The zero-order valence-corrected chi connectivity index (χ0v) is 15.9. The molecular weight excluding hydrogens is 344 g/mol. The molecule has 4 heteroatoms. The first-order valence-electron chi connectivity index (χ1n) is 9.20. The average Bonchev–Trinajstić information content (AvgIpc) is 2.70. The molecule has 0 aliphatic carbocycles. The topological polar surface area (TPSA) is 43.4 Å². The zero-order valence-electron chi connectivity index (χ0n) is 15.0. The molecule has 0 radical (unpaired) electrons. The molecule has 0 saturated carbocycles. The lowest BCUT2D eigenvalue weighted by atomic mass is 10.0. The minimum Gasteiger partial charge on any atom is -0.462 e. The average molecular weight is 371 g/mol. The van der Waals surface area contributed by atoms with Gasteiger partial charge >= 0.3 is 5.97 Å². The van der Waals surface area contributed by atoms with E-state index in [0.29, 0.717) is 23.3 Å². The van der Waals surface area contributed by atoms with Crippen molar-refractivity contribution in [3.8, 4) is 0 Å². The molecule has 26 heavy (non-hydrogen) atoms. The van der Waals surface area contributed by atoms with Crippen LogP contribution >= 0.6 is 12.6 Å². The summed E-state index contributed by atoms with van der Waals surface area (Å²) in [7, 11) is 0. The van der Waals surface area contributed by atoms with Crippen LogP contribution in [0.5, 0.6) is 0 Å². The van der Waals surface area contributed by atoms with Gasteiger partial charge in [0.05, 0.1) is 12.2 Å². The Morgan fingerprint density at radius 1 is 0.731 bits per heavy atom. The van der Waals surface area contributed by atoms with Crippen LogP contribution in [-0.4, -0.2) is 24.1 Å². The van der Waals surface area contributed by atoms with Gasteiger partial charge < -0.3 is 4.74 Å². The number of benzene rings is 2. The third-order valence-electron chi connectivity index (χ3n) is 4.18. The number of hydrogen-bond acceptors (Lipinski definition) is 4. The number of carbonyl (C=O) groups is 2. The summed E-state index contributed by atoms with van der Waals surface area (Å²) in [5, 5.41) is 0. The fourth-order valence-electron chi connectivity index (χ4n) is 2.71. The molecule has 0 fully saturated rings. The molecule has 0 spiro atoms. The van der Waals surface area contributed by atoms with Crippen LogP contribution < -0.4 is 0 Å². The van der Waals surface area contributed by atoms with Crippen LogP contribution in [0.25, 0.3) is 0 Å². The summed E-state index contributed by atoms with van der Waals surface area (Å²) < 4.78 is 5.33. The highest BCUT2D eigenvalue weighted by atomic mass is 32.1. The number of ketones is 1. The highest BCUT2D eigenvalue weighted by molar-refractivity contribution is 7.80. The van der Waals surface area contributed by atoms with Gasteiger partial charge in [0, 0.05) is 11.1 Å². The minimum atomic E-state index is -0.372. The van der Waals surface area contributed by atoms with Gasteiger partial charge in [0.15, 0.2) is 5.78 Å². The van der Waals surface area contributed by atoms with Crippen LogP contribution in [0.2, 0.25) is 0 Å². The normalized spacial score (nSPS) is 10.5. The Kier molecular flexibility index (Phi) is 8.98. The van der Waals surface area contributed by atoms with Crippen molar-refractivity contribution in [2.45, 2.75) is 38.5 Å². The number of unbranched alkanes of at least 4 members (excludes halogenated alkanes) is 5. The first kappa shape index (κ1) is 20.2. The van der Waals surface area contributed by atoms with Gasteiger partial charge in [-0.2, -0.15) is 12.6 Å². The van der Waals surface area contributed by atoms with E-state index in [1.165, 1.54) is 12.8 Å². The van der Waals surface area contributed by atoms with Crippen LogP contribution in [0.3, 0.4) is 0 Å². The van der Waals surface area contributed by atoms with Crippen LogP contribution in [0, 0.1) is 0 Å². The maximum Gasteiger partial charge on any atom is 0.338 e. The number of esters is 1. The molecule has 0 amide bonds. The third kappa shape index (κ3) is 6.68. The van der Waals surface area contributed by atoms with Crippen LogP contribution in [0.1, 0.15) is 64.8 Å². The lowest BCUT2D eigenvalue weighted by Crippen LogP contribution is -2.08. The maximum atomic E-state index is 12.5. The van der Waals surface area contributed by atoms with E-state index in [2.05, 4.69) is 12.6 Å². The molecule has 2 aromatic rings. The highest BCUT2D eigenvalue weighted by Crippen LogP contribution is 2.13. The zero-order chi connectivity index (χ0) is 18.6. The Balaban J connectivity index is 1.80. The summed E-state index contributed by atoms with van der Waals surface area (Å²) in [5.41, 5.74) is 1.52. The molecule has 3 nitrogen and oxygen atoms in total. The van der Waals surface area contributed by atoms with Crippen molar-refractivity contribution in [3.05, 3.63) is 71.3 Å². The van der Waals surface area contributed by atoms with E-state index in [0.717, 1.165) is 31.4 Å². The Hall–Kier alpha value is -2.07. The summed E-state index contributed by atoms with van der Waals surface area (Å²) in [4.78, 5) is 24.7. The molecule has 2 rings (SSSR count). The van der Waals surface area contributed by atoms with E-state index < -0.39 is 0 Å². The highest BCUT2D eigenvalue weighted by Gasteiger charge is 2.12. The molecule has 0 aromatic heterocycles. The molecule has 0 N–H and O–H groups in total. The van der Waals surface area contributed by atoms with Crippen molar-refractivity contribution >= 4 is 24.4 Å². The van der Waals surface area contributed by atoms with E-state index in [1.807, 2.05) is 18.2 Å². The van der Waals surface area contributed by atoms with Gasteiger partial charge in [0.2, 0.25) is 0 Å². The summed E-state index contributed by atoms with van der Waals surface area (Å²) in [6.45, 7) is 0.419. The molecule has 2 aromatic carbocycles. The third-order valence-corrected chi connectivity index (χ3v) is 4.50. The first-order chi connectivity index (χ1) is 12.7. The first-order valence-corrected chi connectivity index (χ1v) is 9.83. The summed E-state index contributed by atoms with van der Waals surface area (Å²) >= 11 is 4.20. The van der Waals surface area contributed by atoms with E-state index in [1.54, 1.807) is 36.4 Å². The number of rotatable bonds is 11. The van der Waals surface area contributed by atoms with Crippen LogP contribution in [0.15, 0.2) is 54.6 Å². The Bertz CT molecular complexity index is 698.